The van der Waals surface area contributed by atoms with Gasteiger partial charge in [0.1, 0.15) is 5.69 Å². The molecule has 6 heteroatoms. The summed E-state index contributed by atoms with van der Waals surface area (Å²) >= 11 is 0. The molecule has 0 radical (unpaired) electrons. The smallest absolute Gasteiger partial charge is 0.273 e. The zero-order valence-corrected chi connectivity index (χ0v) is 14.8. The minimum absolute atomic E-state index is 0.0237. The third-order valence-electron chi connectivity index (χ3n) is 4.87. The highest BCUT2D eigenvalue weighted by Crippen LogP contribution is 2.21. The normalized spacial score (nSPS) is 17.1. The number of benzene rings is 1. The molecular formula is C20H22N4O2. The van der Waals surface area contributed by atoms with Crippen LogP contribution in [0.1, 0.15) is 29.5 Å². The van der Waals surface area contributed by atoms with Gasteiger partial charge in [0.15, 0.2) is 0 Å². The topological polar surface area (TPSA) is 60.2 Å². The van der Waals surface area contributed by atoms with Crippen molar-refractivity contribution in [3.63, 3.8) is 0 Å². The number of para-hydroxylation sites is 1. The van der Waals surface area contributed by atoms with Crippen LogP contribution in [0.5, 0.6) is 0 Å². The van der Waals surface area contributed by atoms with E-state index >= 15 is 0 Å². The van der Waals surface area contributed by atoms with Gasteiger partial charge in [0.2, 0.25) is 0 Å². The molecule has 0 bridgehead atoms. The number of rotatable bonds is 4. The highest BCUT2D eigenvalue weighted by atomic mass is 16.5. The van der Waals surface area contributed by atoms with E-state index in [9.17, 15) is 4.79 Å². The van der Waals surface area contributed by atoms with Gasteiger partial charge in [-0.1, -0.05) is 24.3 Å². The highest BCUT2D eigenvalue weighted by molar-refractivity contribution is 5.95. The molecule has 3 heterocycles. The predicted octanol–water partition coefficient (Wildman–Crippen LogP) is 2.88. The Kier molecular flexibility index (Phi) is 4.67. The Hall–Kier alpha value is -2.73. The second kappa shape index (κ2) is 7.25. The summed E-state index contributed by atoms with van der Waals surface area (Å²) in [6.45, 7) is 4.50. The van der Waals surface area contributed by atoms with Crippen LogP contribution in [0.3, 0.4) is 0 Å². The Bertz CT molecular complexity index is 921. The van der Waals surface area contributed by atoms with Crippen molar-refractivity contribution >= 4 is 16.8 Å². The molecule has 0 saturated carbocycles. The summed E-state index contributed by atoms with van der Waals surface area (Å²) in [4.78, 5) is 24.0. The number of aryl methyl sites for hydroxylation is 1. The summed E-state index contributed by atoms with van der Waals surface area (Å²) in [6, 6.07) is 11.6. The lowest BCUT2D eigenvalue weighted by Gasteiger charge is -2.29. The molecule has 134 valence electrons. The lowest BCUT2D eigenvalue weighted by molar-refractivity contribution is 0.0418. The van der Waals surface area contributed by atoms with E-state index in [0.29, 0.717) is 25.5 Å². The van der Waals surface area contributed by atoms with Crippen LogP contribution in [-0.2, 0) is 17.8 Å². The van der Waals surface area contributed by atoms with Crippen LogP contribution < -0.4 is 0 Å². The number of hydrogen-bond acceptors (Lipinski definition) is 4. The minimum Gasteiger partial charge on any atom is -0.380 e. The fourth-order valence-corrected chi connectivity index (χ4v) is 3.43. The number of hydrogen-bond donors (Lipinski definition) is 0. The molecule has 1 aromatic carbocycles. The largest absolute Gasteiger partial charge is 0.380 e. The molecule has 6 nitrogen and oxygen atoms in total. The van der Waals surface area contributed by atoms with Gasteiger partial charge in [0.25, 0.3) is 5.91 Å². The van der Waals surface area contributed by atoms with Crippen molar-refractivity contribution in [3.8, 4) is 0 Å². The van der Waals surface area contributed by atoms with Crippen LogP contribution in [0.2, 0.25) is 0 Å². The van der Waals surface area contributed by atoms with Gasteiger partial charge in [0, 0.05) is 24.7 Å². The van der Waals surface area contributed by atoms with Crippen LogP contribution >= 0.6 is 0 Å². The van der Waals surface area contributed by atoms with Crippen molar-refractivity contribution in [2.24, 2.45) is 0 Å². The molecular weight excluding hydrogens is 328 g/mol. The molecule has 0 spiro atoms. The molecule has 4 rings (SSSR count). The van der Waals surface area contributed by atoms with Crippen molar-refractivity contribution in [1.82, 2.24) is 19.4 Å². The number of imidazole rings is 1. The fourth-order valence-electron chi connectivity index (χ4n) is 3.43. The number of nitrogens with zero attached hydrogens (tertiary/aromatic N) is 4. The summed E-state index contributed by atoms with van der Waals surface area (Å²) < 4.78 is 7.76. The van der Waals surface area contributed by atoms with Crippen LogP contribution in [0.25, 0.3) is 10.9 Å². The van der Waals surface area contributed by atoms with Gasteiger partial charge in [-0.2, -0.15) is 0 Å². The maximum absolute atomic E-state index is 13.3. The van der Waals surface area contributed by atoms with Gasteiger partial charge in [-0.25, -0.2) is 9.97 Å². The number of ether oxygens (including phenoxy) is 1. The molecule has 0 aliphatic carbocycles. The van der Waals surface area contributed by atoms with Crippen molar-refractivity contribution in [2.75, 3.05) is 13.2 Å². The van der Waals surface area contributed by atoms with Crippen molar-refractivity contribution < 1.29 is 9.53 Å². The molecule has 1 aliphatic rings. The monoisotopic (exact) mass is 350 g/mol. The Morgan fingerprint density at radius 1 is 1.27 bits per heavy atom. The third kappa shape index (κ3) is 3.20. The first-order valence-electron chi connectivity index (χ1n) is 9.00. The molecule has 2 aromatic heterocycles. The molecule has 26 heavy (non-hydrogen) atoms. The van der Waals surface area contributed by atoms with Crippen molar-refractivity contribution in [1.29, 1.82) is 0 Å². The average Bonchev–Trinajstić information content (AvgIpc) is 3.05. The zero-order chi connectivity index (χ0) is 17.9. The first kappa shape index (κ1) is 16.7. The Balaban J connectivity index is 1.66. The van der Waals surface area contributed by atoms with Gasteiger partial charge in [0.05, 0.1) is 36.7 Å². The first-order valence-corrected chi connectivity index (χ1v) is 9.00. The van der Waals surface area contributed by atoms with Gasteiger partial charge in [-0.05, 0) is 25.5 Å². The van der Waals surface area contributed by atoms with Gasteiger partial charge in [-0.3, -0.25) is 4.79 Å². The SMILES string of the molecule is CCOC[C@@H]1CCn2cncc2CN1C(=O)c1ccc2ccccc2n1. The molecule has 1 amide bonds. The first-order chi connectivity index (χ1) is 12.8. The number of amides is 1. The Morgan fingerprint density at radius 2 is 2.15 bits per heavy atom. The summed E-state index contributed by atoms with van der Waals surface area (Å²) in [5.74, 6) is -0.0601. The van der Waals surface area contributed by atoms with E-state index in [-0.39, 0.29) is 11.9 Å². The molecule has 0 saturated heterocycles. The van der Waals surface area contributed by atoms with E-state index < -0.39 is 0 Å². The van der Waals surface area contributed by atoms with E-state index in [0.717, 1.165) is 29.6 Å². The van der Waals surface area contributed by atoms with Crippen molar-refractivity contribution in [3.05, 3.63) is 60.3 Å². The molecule has 0 unspecified atom stereocenters. The lowest BCUT2D eigenvalue weighted by Crippen LogP contribution is -2.42. The highest BCUT2D eigenvalue weighted by Gasteiger charge is 2.29. The second-order valence-corrected chi connectivity index (χ2v) is 6.50. The second-order valence-electron chi connectivity index (χ2n) is 6.50. The van der Waals surface area contributed by atoms with Gasteiger partial charge >= 0.3 is 0 Å². The standard InChI is InChI=1S/C20H22N4O2/c1-2-26-13-16-9-10-23-14-21-11-17(23)12-24(16)20(25)19-8-7-15-5-3-4-6-18(15)22-19/h3-8,11,14,16H,2,9-10,12-13H2,1H3/t16-/m0/s1. The van der Waals surface area contributed by atoms with Crippen LogP contribution in [0, 0.1) is 0 Å². The van der Waals surface area contributed by atoms with Crippen LogP contribution in [-0.4, -0.2) is 44.6 Å². The van der Waals surface area contributed by atoms with Crippen molar-refractivity contribution in [2.45, 2.75) is 32.5 Å². The minimum atomic E-state index is -0.0601. The zero-order valence-electron chi connectivity index (χ0n) is 14.8. The van der Waals surface area contributed by atoms with E-state index in [2.05, 4.69) is 14.5 Å². The number of fused-ring (bicyclic) bond motifs is 2. The Morgan fingerprint density at radius 3 is 3.04 bits per heavy atom. The molecule has 0 N–H and O–H groups in total. The predicted molar refractivity (Wildman–Crippen MR) is 98.7 cm³/mol. The lowest BCUT2D eigenvalue weighted by atomic mass is 10.1. The van der Waals surface area contributed by atoms with Crippen LogP contribution in [0.15, 0.2) is 48.9 Å². The quantitative estimate of drug-likeness (QED) is 0.726. The van der Waals surface area contributed by atoms with Gasteiger partial charge in [-0.15, -0.1) is 0 Å². The number of carbonyl (C=O) groups is 1. The summed E-state index contributed by atoms with van der Waals surface area (Å²) in [5.41, 5.74) is 2.34. The average molecular weight is 350 g/mol. The van der Waals surface area contributed by atoms with E-state index in [1.54, 1.807) is 0 Å². The maximum atomic E-state index is 13.3. The number of pyridine rings is 1. The summed E-state index contributed by atoms with van der Waals surface area (Å²) in [7, 11) is 0. The maximum Gasteiger partial charge on any atom is 0.273 e. The fraction of sp³-hybridized carbons (Fsp3) is 0.350. The van der Waals surface area contributed by atoms with E-state index in [4.69, 9.17) is 4.74 Å². The number of carbonyl (C=O) groups excluding carboxylic acids is 1. The molecule has 1 aliphatic heterocycles. The molecule has 1 atom stereocenters. The Labute approximate surface area is 152 Å². The summed E-state index contributed by atoms with van der Waals surface area (Å²) in [5, 5.41) is 1.03. The molecule has 0 fully saturated rings. The van der Waals surface area contributed by atoms with E-state index in [1.165, 1.54) is 0 Å². The number of aromatic nitrogens is 3. The third-order valence-corrected chi connectivity index (χ3v) is 4.87. The van der Waals surface area contributed by atoms with E-state index in [1.807, 2.05) is 60.7 Å². The van der Waals surface area contributed by atoms with Gasteiger partial charge < -0.3 is 14.2 Å². The summed E-state index contributed by atoms with van der Waals surface area (Å²) in [6.07, 6.45) is 4.50. The van der Waals surface area contributed by atoms with Crippen LogP contribution in [0.4, 0.5) is 0 Å². The molecule has 3 aromatic rings.